The third kappa shape index (κ3) is 4.57. The fourth-order valence-electron chi connectivity index (χ4n) is 2.10. The highest BCUT2D eigenvalue weighted by atomic mass is 19.4. The Morgan fingerprint density at radius 2 is 1.92 bits per heavy atom. The summed E-state index contributed by atoms with van der Waals surface area (Å²) in [5.74, 6) is -0.905. The number of halogens is 3. The standard InChI is InChI=1S/C15H11F3N4O3/c16-15(17,18)8-20-14(25)21-12(23)7-22-6-9(5-19)13(24)10-3-1-2-4-11(10)22/h1-4,6H,7-8H2,(H2,20,21,23,25). The van der Waals surface area contributed by atoms with Crippen LogP contribution in [0.3, 0.4) is 0 Å². The van der Waals surface area contributed by atoms with E-state index >= 15 is 0 Å². The number of para-hydroxylation sites is 1. The number of benzene rings is 1. The van der Waals surface area contributed by atoms with Crippen LogP contribution in [0.1, 0.15) is 5.56 Å². The zero-order chi connectivity index (χ0) is 18.6. The number of imide groups is 1. The number of rotatable bonds is 3. The zero-order valence-corrected chi connectivity index (χ0v) is 12.6. The number of nitrogens with zero attached hydrogens (tertiary/aromatic N) is 2. The number of hydrogen-bond donors (Lipinski definition) is 2. The maximum absolute atomic E-state index is 12.0. The van der Waals surface area contributed by atoms with E-state index in [4.69, 9.17) is 5.26 Å². The quantitative estimate of drug-likeness (QED) is 0.868. The van der Waals surface area contributed by atoms with Gasteiger partial charge >= 0.3 is 12.2 Å². The highest BCUT2D eigenvalue weighted by Gasteiger charge is 2.28. The second-order valence-corrected chi connectivity index (χ2v) is 4.97. The number of pyridine rings is 1. The van der Waals surface area contributed by atoms with Crippen LogP contribution in [0.15, 0.2) is 35.3 Å². The Hall–Kier alpha value is -3.35. The highest BCUT2D eigenvalue weighted by molar-refractivity contribution is 5.94. The summed E-state index contributed by atoms with van der Waals surface area (Å²) in [6.45, 7) is -2.04. The number of nitriles is 1. The third-order valence-electron chi connectivity index (χ3n) is 3.12. The van der Waals surface area contributed by atoms with Gasteiger partial charge in [0.25, 0.3) is 0 Å². The smallest absolute Gasteiger partial charge is 0.336 e. The van der Waals surface area contributed by atoms with Crippen LogP contribution in [-0.4, -0.2) is 29.2 Å². The van der Waals surface area contributed by atoms with Crippen molar-refractivity contribution >= 4 is 22.8 Å². The van der Waals surface area contributed by atoms with E-state index in [-0.39, 0.29) is 10.9 Å². The number of alkyl halides is 3. The van der Waals surface area contributed by atoms with Gasteiger partial charge in [-0.05, 0) is 12.1 Å². The average molecular weight is 352 g/mol. The second kappa shape index (κ2) is 7.04. The summed E-state index contributed by atoms with van der Waals surface area (Å²) < 4.78 is 37.3. The van der Waals surface area contributed by atoms with Crippen molar-refractivity contribution < 1.29 is 22.8 Å². The van der Waals surface area contributed by atoms with E-state index in [0.29, 0.717) is 5.52 Å². The molecule has 0 aliphatic heterocycles. The van der Waals surface area contributed by atoms with Crippen LogP contribution in [0, 0.1) is 11.3 Å². The number of hydrogen-bond acceptors (Lipinski definition) is 4. The van der Waals surface area contributed by atoms with Crippen LogP contribution in [-0.2, 0) is 11.3 Å². The molecule has 7 nitrogen and oxygen atoms in total. The van der Waals surface area contributed by atoms with Crippen molar-refractivity contribution in [3.05, 3.63) is 46.2 Å². The van der Waals surface area contributed by atoms with Crippen molar-refractivity contribution in [2.45, 2.75) is 12.7 Å². The predicted molar refractivity (Wildman–Crippen MR) is 80.5 cm³/mol. The number of carbonyl (C=O) groups is 2. The summed E-state index contributed by atoms with van der Waals surface area (Å²) in [4.78, 5) is 35.2. The lowest BCUT2D eigenvalue weighted by Gasteiger charge is -2.12. The van der Waals surface area contributed by atoms with Crippen LogP contribution in [0.2, 0.25) is 0 Å². The molecule has 10 heteroatoms. The molecular formula is C15H11F3N4O3. The lowest BCUT2D eigenvalue weighted by molar-refractivity contribution is -0.124. The van der Waals surface area contributed by atoms with Gasteiger partial charge in [-0.1, -0.05) is 12.1 Å². The molecule has 0 saturated carbocycles. The molecule has 3 amide bonds. The number of nitrogens with one attached hydrogen (secondary N) is 2. The van der Waals surface area contributed by atoms with E-state index < -0.39 is 36.6 Å². The van der Waals surface area contributed by atoms with E-state index in [9.17, 15) is 27.6 Å². The molecule has 0 atom stereocenters. The number of carbonyl (C=O) groups excluding carboxylic acids is 2. The maximum Gasteiger partial charge on any atom is 0.405 e. The Kier molecular flexibility index (Phi) is 5.07. The van der Waals surface area contributed by atoms with E-state index in [0.717, 1.165) is 6.20 Å². The molecule has 0 aliphatic carbocycles. The molecule has 0 saturated heterocycles. The summed E-state index contributed by atoms with van der Waals surface area (Å²) in [5, 5.41) is 12.4. The summed E-state index contributed by atoms with van der Waals surface area (Å²) in [6.07, 6.45) is -3.45. The first kappa shape index (κ1) is 18.0. The van der Waals surface area contributed by atoms with Gasteiger partial charge in [0.2, 0.25) is 11.3 Å². The van der Waals surface area contributed by atoms with Crippen LogP contribution in [0.5, 0.6) is 0 Å². The highest BCUT2D eigenvalue weighted by Crippen LogP contribution is 2.12. The van der Waals surface area contributed by atoms with Crippen LogP contribution in [0.25, 0.3) is 10.9 Å². The number of amides is 3. The molecule has 2 rings (SSSR count). The molecule has 25 heavy (non-hydrogen) atoms. The summed E-state index contributed by atoms with van der Waals surface area (Å²) in [7, 11) is 0. The first-order valence-electron chi connectivity index (χ1n) is 6.88. The van der Waals surface area contributed by atoms with Gasteiger partial charge in [0.05, 0.1) is 5.52 Å². The van der Waals surface area contributed by atoms with Gasteiger partial charge in [0, 0.05) is 11.6 Å². The minimum atomic E-state index is -4.60. The molecule has 0 bridgehead atoms. The van der Waals surface area contributed by atoms with E-state index in [2.05, 4.69) is 0 Å². The summed E-state index contributed by atoms with van der Waals surface area (Å²) in [6, 6.07) is 6.62. The molecule has 0 aliphatic rings. The van der Waals surface area contributed by atoms with Gasteiger partial charge in [-0.3, -0.25) is 14.9 Å². The van der Waals surface area contributed by atoms with Gasteiger partial charge in [0.15, 0.2) is 0 Å². The normalized spacial score (nSPS) is 11.0. The fourth-order valence-corrected chi connectivity index (χ4v) is 2.10. The topological polar surface area (TPSA) is 104 Å². The Labute approximate surface area is 138 Å². The Balaban J connectivity index is 2.19. The third-order valence-corrected chi connectivity index (χ3v) is 3.12. The molecule has 0 unspecified atom stereocenters. The fraction of sp³-hybridized carbons (Fsp3) is 0.200. The molecular weight excluding hydrogens is 341 g/mol. The summed E-state index contributed by atoms with van der Waals surface area (Å²) >= 11 is 0. The second-order valence-electron chi connectivity index (χ2n) is 4.97. The molecule has 0 radical (unpaired) electrons. The van der Waals surface area contributed by atoms with E-state index in [1.54, 1.807) is 23.5 Å². The van der Waals surface area contributed by atoms with Gasteiger partial charge in [-0.25, -0.2) is 4.79 Å². The lowest BCUT2D eigenvalue weighted by Crippen LogP contribution is -2.44. The van der Waals surface area contributed by atoms with E-state index in [1.165, 1.54) is 22.0 Å². The predicted octanol–water partition coefficient (Wildman–Crippen LogP) is 1.26. The minimum absolute atomic E-state index is 0.201. The van der Waals surface area contributed by atoms with Crippen LogP contribution >= 0.6 is 0 Å². The average Bonchev–Trinajstić information content (AvgIpc) is 2.55. The van der Waals surface area contributed by atoms with Crippen LogP contribution in [0.4, 0.5) is 18.0 Å². The minimum Gasteiger partial charge on any atom is -0.336 e. The molecule has 1 heterocycles. The SMILES string of the molecule is N#Cc1cn(CC(=O)NC(=O)NCC(F)(F)F)c2ccccc2c1=O. The molecule has 1 aromatic heterocycles. The van der Waals surface area contributed by atoms with Crippen molar-refractivity contribution in [2.24, 2.45) is 0 Å². The molecule has 1 aromatic carbocycles. The van der Waals surface area contributed by atoms with Crippen LogP contribution < -0.4 is 16.1 Å². The molecule has 2 aromatic rings. The van der Waals surface area contributed by atoms with Gasteiger partial charge in [-0.15, -0.1) is 0 Å². The molecule has 0 fully saturated rings. The van der Waals surface area contributed by atoms with Crippen molar-refractivity contribution in [2.75, 3.05) is 6.54 Å². The Bertz CT molecular complexity index is 928. The number of aromatic nitrogens is 1. The van der Waals surface area contributed by atoms with Crippen molar-refractivity contribution in [3.8, 4) is 6.07 Å². The summed E-state index contributed by atoms with van der Waals surface area (Å²) in [5.41, 5.74) is -0.358. The number of urea groups is 1. The monoisotopic (exact) mass is 352 g/mol. The zero-order valence-electron chi connectivity index (χ0n) is 12.6. The maximum atomic E-state index is 12.0. The molecule has 130 valence electrons. The Morgan fingerprint density at radius 3 is 2.56 bits per heavy atom. The van der Waals surface area contributed by atoms with Crippen molar-refractivity contribution in [1.29, 1.82) is 5.26 Å². The lowest BCUT2D eigenvalue weighted by atomic mass is 10.1. The first-order valence-corrected chi connectivity index (χ1v) is 6.88. The Morgan fingerprint density at radius 1 is 1.24 bits per heavy atom. The largest absolute Gasteiger partial charge is 0.405 e. The molecule has 2 N–H and O–H groups in total. The van der Waals surface area contributed by atoms with Crippen molar-refractivity contribution in [3.63, 3.8) is 0 Å². The van der Waals surface area contributed by atoms with Gasteiger partial charge in [0.1, 0.15) is 24.7 Å². The first-order chi connectivity index (χ1) is 11.7. The van der Waals surface area contributed by atoms with Crippen molar-refractivity contribution in [1.82, 2.24) is 15.2 Å². The molecule has 0 spiro atoms. The van der Waals surface area contributed by atoms with E-state index in [1.807, 2.05) is 0 Å². The number of fused-ring (bicyclic) bond motifs is 1. The van der Waals surface area contributed by atoms with Gasteiger partial charge in [-0.2, -0.15) is 18.4 Å². The van der Waals surface area contributed by atoms with Gasteiger partial charge < -0.3 is 9.88 Å².